The second kappa shape index (κ2) is 10.1. The van der Waals surface area contributed by atoms with Crippen LogP contribution in [0, 0.1) is 0 Å². The maximum absolute atomic E-state index is 13.7. The van der Waals surface area contributed by atoms with Gasteiger partial charge in [-0.05, 0) is 35.4 Å². The van der Waals surface area contributed by atoms with Crippen LogP contribution in [0.5, 0.6) is 0 Å². The molecule has 0 aliphatic carbocycles. The number of para-hydroxylation sites is 1. The molecule has 0 spiro atoms. The number of hydrogen-bond donors (Lipinski definition) is 1. The standard InChI is InChI=1S/C27H24N2O3S/c30-27(29(20-22-12-4-1-5-13-22)21-23-14-6-2-7-15-23)25-18-10-11-19-26(25)28-33(31,32)24-16-8-3-9-17-24/h1-19,28H,20-21H2. The molecule has 4 aromatic carbocycles. The number of sulfonamides is 1. The fraction of sp³-hybridized carbons (Fsp3) is 0.0741. The van der Waals surface area contributed by atoms with Crippen LogP contribution in [0.2, 0.25) is 0 Å². The Labute approximate surface area is 194 Å². The minimum Gasteiger partial charge on any atom is -0.330 e. The molecule has 0 aromatic heterocycles. The number of nitrogens with zero attached hydrogens (tertiary/aromatic N) is 1. The van der Waals surface area contributed by atoms with E-state index in [1.54, 1.807) is 47.4 Å². The molecule has 0 radical (unpaired) electrons. The zero-order chi connectivity index (χ0) is 23.1. The molecule has 0 saturated heterocycles. The fourth-order valence-electron chi connectivity index (χ4n) is 3.54. The summed E-state index contributed by atoms with van der Waals surface area (Å²) in [6, 6.07) is 34.3. The largest absolute Gasteiger partial charge is 0.330 e. The zero-order valence-corrected chi connectivity index (χ0v) is 18.8. The molecule has 6 heteroatoms. The summed E-state index contributed by atoms with van der Waals surface area (Å²) in [5.74, 6) is -0.255. The number of carbonyl (C=O) groups excluding carboxylic acids is 1. The van der Waals surface area contributed by atoms with Gasteiger partial charge in [-0.1, -0.05) is 91.0 Å². The van der Waals surface area contributed by atoms with Crippen LogP contribution < -0.4 is 4.72 Å². The van der Waals surface area contributed by atoms with E-state index in [1.165, 1.54) is 12.1 Å². The molecule has 0 atom stereocenters. The summed E-state index contributed by atoms with van der Waals surface area (Å²) in [6.45, 7) is 0.794. The van der Waals surface area contributed by atoms with Crippen LogP contribution in [0.1, 0.15) is 21.5 Å². The van der Waals surface area contributed by atoms with E-state index in [1.807, 2.05) is 60.7 Å². The van der Waals surface area contributed by atoms with Crippen molar-refractivity contribution in [3.05, 3.63) is 132 Å². The highest BCUT2D eigenvalue weighted by molar-refractivity contribution is 7.92. The lowest BCUT2D eigenvalue weighted by Gasteiger charge is -2.24. The summed E-state index contributed by atoms with van der Waals surface area (Å²) in [6.07, 6.45) is 0. The van der Waals surface area contributed by atoms with Gasteiger partial charge in [0.25, 0.3) is 15.9 Å². The van der Waals surface area contributed by atoms with Gasteiger partial charge in [-0.3, -0.25) is 9.52 Å². The van der Waals surface area contributed by atoms with E-state index in [2.05, 4.69) is 4.72 Å². The molecule has 33 heavy (non-hydrogen) atoms. The highest BCUT2D eigenvalue weighted by atomic mass is 32.2. The van der Waals surface area contributed by atoms with Crippen molar-refractivity contribution in [2.75, 3.05) is 4.72 Å². The summed E-state index contributed by atoms with van der Waals surface area (Å²) < 4.78 is 28.4. The highest BCUT2D eigenvalue weighted by Crippen LogP contribution is 2.23. The fourth-order valence-corrected chi connectivity index (χ4v) is 4.64. The first-order chi connectivity index (χ1) is 16.0. The normalized spacial score (nSPS) is 11.0. The van der Waals surface area contributed by atoms with Crippen molar-refractivity contribution in [1.29, 1.82) is 0 Å². The van der Waals surface area contributed by atoms with Crippen LogP contribution in [0.3, 0.4) is 0 Å². The predicted octanol–water partition coefficient (Wildman–Crippen LogP) is 5.33. The Hall–Kier alpha value is -3.90. The number of amides is 1. The summed E-state index contributed by atoms with van der Waals surface area (Å²) >= 11 is 0. The molecule has 0 bridgehead atoms. The molecule has 166 valence electrons. The molecule has 1 N–H and O–H groups in total. The molecule has 0 aliphatic rings. The zero-order valence-electron chi connectivity index (χ0n) is 18.0. The second-order valence-electron chi connectivity index (χ2n) is 7.60. The van der Waals surface area contributed by atoms with Crippen LogP contribution in [0.15, 0.2) is 120 Å². The van der Waals surface area contributed by atoms with E-state index in [0.717, 1.165) is 11.1 Å². The van der Waals surface area contributed by atoms with Crippen LogP contribution in [-0.4, -0.2) is 19.2 Å². The summed E-state index contributed by atoms with van der Waals surface area (Å²) in [7, 11) is -3.83. The second-order valence-corrected chi connectivity index (χ2v) is 9.28. The lowest BCUT2D eigenvalue weighted by molar-refractivity contribution is 0.0731. The van der Waals surface area contributed by atoms with Crippen molar-refractivity contribution in [1.82, 2.24) is 4.90 Å². The first kappa shape index (κ1) is 22.3. The van der Waals surface area contributed by atoms with E-state index in [0.29, 0.717) is 18.7 Å². The van der Waals surface area contributed by atoms with E-state index in [-0.39, 0.29) is 16.5 Å². The molecule has 0 heterocycles. The molecule has 0 aliphatic heterocycles. The highest BCUT2D eigenvalue weighted by Gasteiger charge is 2.22. The lowest BCUT2D eigenvalue weighted by Crippen LogP contribution is -2.31. The van der Waals surface area contributed by atoms with E-state index in [4.69, 9.17) is 0 Å². The van der Waals surface area contributed by atoms with Crippen LogP contribution in [-0.2, 0) is 23.1 Å². The third-order valence-corrected chi connectivity index (χ3v) is 6.56. The van der Waals surface area contributed by atoms with Crippen molar-refractivity contribution < 1.29 is 13.2 Å². The molecule has 4 rings (SSSR count). The first-order valence-electron chi connectivity index (χ1n) is 10.6. The van der Waals surface area contributed by atoms with Crippen LogP contribution in [0.25, 0.3) is 0 Å². The maximum atomic E-state index is 13.7. The monoisotopic (exact) mass is 456 g/mol. The third kappa shape index (κ3) is 5.67. The topological polar surface area (TPSA) is 66.5 Å². The number of benzene rings is 4. The Morgan fingerprint density at radius 1 is 0.636 bits per heavy atom. The van der Waals surface area contributed by atoms with Crippen molar-refractivity contribution >= 4 is 21.6 Å². The number of carbonyl (C=O) groups is 1. The van der Waals surface area contributed by atoms with Gasteiger partial charge in [0.05, 0.1) is 16.1 Å². The molecule has 1 amide bonds. The Morgan fingerprint density at radius 2 is 1.09 bits per heavy atom. The van der Waals surface area contributed by atoms with E-state index in [9.17, 15) is 13.2 Å². The van der Waals surface area contributed by atoms with Gasteiger partial charge in [-0.15, -0.1) is 0 Å². The average molecular weight is 457 g/mol. The van der Waals surface area contributed by atoms with Crippen LogP contribution >= 0.6 is 0 Å². The number of anilines is 1. The lowest BCUT2D eigenvalue weighted by atomic mass is 10.1. The molecule has 5 nitrogen and oxygen atoms in total. The summed E-state index contributed by atoms with van der Waals surface area (Å²) in [5.41, 5.74) is 2.52. The average Bonchev–Trinajstić information content (AvgIpc) is 2.85. The van der Waals surface area contributed by atoms with Crippen molar-refractivity contribution in [2.45, 2.75) is 18.0 Å². The molecule has 0 unspecified atom stereocenters. The molecular weight excluding hydrogens is 432 g/mol. The van der Waals surface area contributed by atoms with Gasteiger partial charge >= 0.3 is 0 Å². The van der Waals surface area contributed by atoms with Gasteiger partial charge in [0.1, 0.15) is 0 Å². The van der Waals surface area contributed by atoms with E-state index >= 15 is 0 Å². The van der Waals surface area contributed by atoms with Crippen molar-refractivity contribution in [2.24, 2.45) is 0 Å². The maximum Gasteiger partial charge on any atom is 0.261 e. The van der Waals surface area contributed by atoms with Crippen LogP contribution in [0.4, 0.5) is 5.69 Å². The number of hydrogen-bond acceptors (Lipinski definition) is 3. The number of nitrogens with one attached hydrogen (secondary N) is 1. The Balaban J connectivity index is 1.66. The smallest absolute Gasteiger partial charge is 0.261 e. The van der Waals surface area contributed by atoms with Gasteiger partial charge in [-0.25, -0.2) is 8.42 Å². The molecule has 4 aromatic rings. The molecular formula is C27H24N2O3S. The first-order valence-corrected chi connectivity index (χ1v) is 12.1. The Kier molecular flexibility index (Phi) is 6.86. The summed E-state index contributed by atoms with van der Waals surface area (Å²) in [5, 5.41) is 0. The minimum atomic E-state index is -3.83. The Morgan fingerprint density at radius 3 is 1.64 bits per heavy atom. The number of rotatable bonds is 8. The molecule has 0 fully saturated rings. The Bertz CT molecular complexity index is 1270. The van der Waals surface area contributed by atoms with Gasteiger partial charge in [0.15, 0.2) is 0 Å². The van der Waals surface area contributed by atoms with Gasteiger partial charge in [0, 0.05) is 13.1 Å². The van der Waals surface area contributed by atoms with Crippen molar-refractivity contribution in [3.63, 3.8) is 0 Å². The predicted molar refractivity (Wildman–Crippen MR) is 130 cm³/mol. The van der Waals surface area contributed by atoms with Gasteiger partial charge in [-0.2, -0.15) is 0 Å². The quantitative estimate of drug-likeness (QED) is 0.390. The van der Waals surface area contributed by atoms with E-state index < -0.39 is 10.0 Å². The van der Waals surface area contributed by atoms with Gasteiger partial charge in [0.2, 0.25) is 0 Å². The SMILES string of the molecule is O=C(c1ccccc1NS(=O)(=O)c1ccccc1)N(Cc1ccccc1)Cc1ccccc1. The van der Waals surface area contributed by atoms with Crippen molar-refractivity contribution in [3.8, 4) is 0 Å². The molecule has 0 saturated carbocycles. The minimum absolute atomic E-state index is 0.137. The third-order valence-electron chi connectivity index (χ3n) is 5.18. The summed E-state index contributed by atoms with van der Waals surface area (Å²) in [4.78, 5) is 15.5. The van der Waals surface area contributed by atoms with Gasteiger partial charge < -0.3 is 4.90 Å².